The van der Waals surface area contributed by atoms with Gasteiger partial charge in [0.05, 0.1) is 18.6 Å². The molecule has 0 radical (unpaired) electrons. The van der Waals surface area contributed by atoms with Gasteiger partial charge in [-0.2, -0.15) is 0 Å². The molecule has 6 heteroatoms. The Hall–Kier alpha value is -1.40. The number of rotatable bonds is 3. The maximum Gasteiger partial charge on any atom is 0.225 e. The molecule has 0 N–H and O–H groups in total. The molecular formula is C16H26N4O2. The number of hydrogen-bond acceptors (Lipinski definition) is 4. The van der Waals surface area contributed by atoms with Gasteiger partial charge in [-0.05, 0) is 26.3 Å². The van der Waals surface area contributed by atoms with Gasteiger partial charge in [0.1, 0.15) is 5.82 Å². The summed E-state index contributed by atoms with van der Waals surface area (Å²) in [6.07, 6.45) is 7.74. The van der Waals surface area contributed by atoms with E-state index in [-0.39, 0.29) is 18.1 Å². The summed E-state index contributed by atoms with van der Waals surface area (Å²) in [5, 5.41) is 0. The van der Waals surface area contributed by atoms with Gasteiger partial charge in [-0.1, -0.05) is 0 Å². The van der Waals surface area contributed by atoms with E-state index in [1.165, 1.54) is 6.42 Å². The number of nitrogens with zero attached hydrogens (tertiary/aromatic N) is 4. The molecule has 2 unspecified atom stereocenters. The number of carbonyl (C=O) groups is 1. The Balaban J connectivity index is 1.62. The molecular weight excluding hydrogens is 280 g/mol. The third-order valence-corrected chi connectivity index (χ3v) is 4.83. The Labute approximate surface area is 132 Å². The zero-order valence-electron chi connectivity index (χ0n) is 13.6. The summed E-state index contributed by atoms with van der Waals surface area (Å²) in [7, 11) is 4.11. The number of piperazine rings is 1. The number of amides is 1. The maximum absolute atomic E-state index is 12.6. The van der Waals surface area contributed by atoms with Crippen molar-refractivity contribution in [3.63, 3.8) is 0 Å². The van der Waals surface area contributed by atoms with Gasteiger partial charge in [0.2, 0.25) is 5.91 Å². The Morgan fingerprint density at radius 3 is 2.91 bits per heavy atom. The van der Waals surface area contributed by atoms with Gasteiger partial charge < -0.3 is 14.2 Å². The van der Waals surface area contributed by atoms with Crippen LogP contribution in [0.15, 0.2) is 12.4 Å². The molecule has 2 atom stereocenters. The van der Waals surface area contributed by atoms with Crippen molar-refractivity contribution < 1.29 is 9.53 Å². The van der Waals surface area contributed by atoms with Crippen molar-refractivity contribution in [3.8, 4) is 0 Å². The van der Waals surface area contributed by atoms with Crippen molar-refractivity contribution in [2.24, 2.45) is 7.05 Å². The average Bonchev–Trinajstić information content (AvgIpc) is 2.94. The van der Waals surface area contributed by atoms with Gasteiger partial charge >= 0.3 is 0 Å². The summed E-state index contributed by atoms with van der Waals surface area (Å²) in [6, 6.07) is 0.171. The third-order valence-electron chi connectivity index (χ3n) is 4.83. The van der Waals surface area contributed by atoms with Crippen LogP contribution in [0.4, 0.5) is 0 Å². The highest BCUT2D eigenvalue weighted by molar-refractivity contribution is 5.77. The van der Waals surface area contributed by atoms with Crippen molar-refractivity contribution in [2.75, 3.05) is 33.3 Å². The number of likely N-dealkylation sites (N-methyl/N-ethyl adjacent to an activating group) is 1. The van der Waals surface area contributed by atoms with Crippen molar-refractivity contribution in [2.45, 2.75) is 37.8 Å². The number of carbonyl (C=O) groups excluding carboxylic acids is 1. The largest absolute Gasteiger partial charge is 0.378 e. The molecule has 0 saturated carbocycles. The van der Waals surface area contributed by atoms with Crippen LogP contribution in [-0.2, 0) is 16.6 Å². The van der Waals surface area contributed by atoms with Crippen LogP contribution in [-0.4, -0.2) is 64.7 Å². The van der Waals surface area contributed by atoms with Crippen LogP contribution in [0.25, 0.3) is 0 Å². The standard InChI is InChI=1S/C16H26N4O2/c1-18-8-9-20(12-14(18)16-17-6-7-19(16)2)15(21)11-13-5-3-4-10-22-13/h6-7,13-14H,3-5,8-12H2,1-2H3. The molecule has 2 saturated heterocycles. The molecule has 2 aliphatic rings. The molecule has 1 amide bonds. The SMILES string of the molecule is CN1CCN(C(=O)CC2CCCCO2)CC1c1nccn1C. The molecule has 2 aliphatic heterocycles. The van der Waals surface area contributed by atoms with E-state index in [9.17, 15) is 4.79 Å². The molecule has 1 aromatic heterocycles. The molecule has 6 nitrogen and oxygen atoms in total. The summed E-state index contributed by atoms with van der Waals surface area (Å²) in [5.41, 5.74) is 0. The lowest BCUT2D eigenvalue weighted by Gasteiger charge is -2.39. The first kappa shape index (κ1) is 15.5. The highest BCUT2D eigenvalue weighted by Gasteiger charge is 2.31. The molecule has 0 aliphatic carbocycles. The molecule has 122 valence electrons. The van der Waals surface area contributed by atoms with Crippen molar-refractivity contribution in [3.05, 3.63) is 18.2 Å². The van der Waals surface area contributed by atoms with Crippen LogP contribution >= 0.6 is 0 Å². The predicted molar refractivity (Wildman–Crippen MR) is 83.4 cm³/mol. The monoisotopic (exact) mass is 306 g/mol. The number of ether oxygens (including phenoxy) is 1. The van der Waals surface area contributed by atoms with Crippen LogP contribution in [0.5, 0.6) is 0 Å². The van der Waals surface area contributed by atoms with E-state index in [2.05, 4.69) is 16.9 Å². The van der Waals surface area contributed by atoms with E-state index >= 15 is 0 Å². The smallest absolute Gasteiger partial charge is 0.225 e. The first-order valence-corrected chi connectivity index (χ1v) is 8.22. The quantitative estimate of drug-likeness (QED) is 0.842. The first-order chi connectivity index (χ1) is 10.6. The second-order valence-corrected chi connectivity index (χ2v) is 6.43. The normalized spacial score (nSPS) is 27.1. The van der Waals surface area contributed by atoms with Crippen LogP contribution in [0.1, 0.15) is 37.5 Å². The Kier molecular flexibility index (Phi) is 4.78. The minimum Gasteiger partial charge on any atom is -0.378 e. The van der Waals surface area contributed by atoms with Gasteiger partial charge in [0.25, 0.3) is 0 Å². The van der Waals surface area contributed by atoms with Gasteiger partial charge in [0.15, 0.2) is 0 Å². The van der Waals surface area contributed by atoms with Crippen LogP contribution in [0.2, 0.25) is 0 Å². The molecule has 0 bridgehead atoms. The molecule has 22 heavy (non-hydrogen) atoms. The zero-order chi connectivity index (χ0) is 15.5. The first-order valence-electron chi connectivity index (χ1n) is 8.22. The van der Waals surface area contributed by atoms with E-state index in [4.69, 9.17) is 4.74 Å². The van der Waals surface area contributed by atoms with E-state index in [1.807, 2.05) is 28.9 Å². The molecule has 1 aromatic rings. The van der Waals surface area contributed by atoms with Crippen molar-refractivity contribution in [1.29, 1.82) is 0 Å². The van der Waals surface area contributed by atoms with Crippen LogP contribution in [0.3, 0.4) is 0 Å². The van der Waals surface area contributed by atoms with Crippen LogP contribution < -0.4 is 0 Å². The Morgan fingerprint density at radius 1 is 1.36 bits per heavy atom. The van der Waals surface area contributed by atoms with Crippen LogP contribution in [0, 0.1) is 0 Å². The van der Waals surface area contributed by atoms with E-state index in [1.54, 1.807) is 0 Å². The summed E-state index contributed by atoms with van der Waals surface area (Å²) in [6.45, 7) is 3.20. The lowest BCUT2D eigenvalue weighted by molar-refractivity contribution is -0.138. The van der Waals surface area contributed by atoms with E-state index < -0.39 is 0 Å². The summed E-state index contributed by atoms with van der Waals surface area (Å²) >= 11 is 0. The minimum atomic E-state index is 0.118. The number of aromatic nitrogens is 2. The number of hydrogen-bond donors (Lipinski definition) is 0. The fourth-order valence-electron chi connectivity index (χ4n) is 3.37. The second-order valence-electron chi connectivity index (χ2n) is 6.43. The Morgan fingerprint density at radius 2 is 2.23 bits per heavy atom. The highest BCUT2D eigenvalue weighted by atomic mass is 16.5. The van der Waals surface area contributed by atoms with Gasteiger partial charge in [-0.3, -0.25) is 9.69 Å². The molecule has 0 spiro atoms. The summed E-state index contributed by atoms with van der Waals surface area (Å²) in [4.78, 5) is 21.3. The number of imidazole rings is 1. The lowest BCUT2D eigenvalue weighted by atomic mass is 10.0. The fourth-order valence-corrected chi connectivity index (χ4v) is 3.37. The fraction of sp³-hybridized carbons (Fsp3) is 0.750. The summed E-state index contributed by atoms with van der Waals surface area (Å²) in [5.74, 6) is 1.24. The maximum atomic E-state index is 12.6. The zero-order valence-corrected chi connectivity index (χ0v) is 13.6. The minimum absolute atomic E-state index is 0.118. The number of aryl methyl sites for hydroxylation is 1. The molecule has 3 heterocycles. The molecule has 2 fully saturated rings. The second kappa shape index (κ2) is 6.79. The molecule has 3 rings (SSSR count). The topological polar surface area (TPSA) is 50.6 Å². The average molecular weight is 306 g/mol. The van der Waals surface area contributed by atoms with Gasteiger partial charge in [0, 0.05) is 45.7 Å². The van der Waals surface area contributed by atoms with E-state index in [0.29, 0.717) is 13.0 Å². The highest BCUT2D eigenvalue weighted by Crippen LogP contribution is 2.24. The van der Waals surface area contributed by atoms with Crippen molar-refractivity contribution >= 4 is 5.91 Å². The Bertz CT molecular complexity index is 510. The lowest BCUT2D eigenvalue weighted by Crippen LogP contribution is -2.50. The predicted octanol–water partition coefficient (Wildman–Crippen LogP) is 1.19. The van der Waals surface area contributed by atoms with Gasteiger partial charge in [-0.15, -0.1) is 0 Å². The van der Waals surface area contributed by atoms with Gasteiger partial charge in [-0.25, -0.2) is 4.98 Å². The summed E-state index contributed by atoms with van der Waals surface area (Å²) < 4.78 is 7.75. The third kappa shape index (κ3) is 3.33. The van der Waals surface area contributed by atoms with Crippen molar-refractivity contribution in [1.82, 2.24) is 19.4 Å². The van der Waals surface area contributed by atoms with E-state index in [0.717, 1.165) is 38.4 Å². The molecule has 0 aromatic carbocycles.